The summed E-state index contributed by atoms with van der Waals surface area (Å²) in [5.74, 6) is -0.933. The Morgan fingerprint density at radius 1 is 0.659 bits per heavy atom. The molecule has 0 aromatic carbocycles. The molecule has 1 atom stereocenters. The molecule has 0 bridgehead atoms. The van der Waals surface area contributed by atoms with Crippen molar-refractivity contribution in [3.05, 3.63) is 48.6 Å². The molecular formula is C32H55O8P. The molecule has 0 saturated carbocycles. The van der Waals surface area contributed by atoms with E-state index in [0.717, 1.165) is 70.6 Å². The Labute approximate surface area is 248 Å². The Hall–Kier alpha value is -1.99. The summed E-state index contributed by atoms with van der Waals surface area (Å²) < 4.78 is 26.1. The van der Waals surface area contributed by atoms with Crippen LogP contribution in [-0.2, 0) is 28.2 Å². The van der Waals surface area contributed by atoms with Crippen LogP contribution in [0.2, 0.25) is 0 Å². The zero-order valence-electron chi connectivity index (χ0n) is 25.4. The number of phosphoric ester groups is 1. The quantitative estimate of drug-likeness (QED) is 0.0318. The maximum Gasteiger partial charge on any atom is 0.469 e. The van der Waals surface area contributed by atoms with E-state index in [2.05, 4.69) is 48.8 Å². The number of phosphoric acid groups is 1. The van der Waals surface area contributed by atoms with Crippen LogP contribution < -0.4 is 0 Å². The summed E-state index contributed by atoms with van der Waals surface area (Å²) in [4.78, 5) is 42.4. The summed E-state index contributed by atoms with van der Waals surface area (Å²) in [6.07, 6.45) is 31.3. The average molecular weight is 599 g/mol. The van der Waals surface area contributed by atoms with Crippen molar-refractivity contribution in [3.63, 3.8) is 0 Å². The minimum atomic E-state index is -4.75. The van der Waals surface area contributed by atoms with Gasteiger partial charge in [0, 0.05) is 12.8 Å². The van der Waals surface area contributed by atoms with E-state index in [9.17, 15) is 14.2 Å². The van der Waals surface area contributed by atoms with Crippen molar-refractivity contribution < 1.29 is 37.9 Å². The largest absolute Gasteiger partial charge is 0.469 e. The molecule has 0 saturated heterocycles. The first-order valence-electron chi connectivity index (χ1n) is 15.5. The van der Waals surface area contributed by atoms with Crippen LogP contribution >= 0.6 is 7.82 Å². The van der Waals surface area contributed by atoms with E-state index in [1.54, 1.807) is 0 Å². The molecule has 0 aliphatic rings. The number of esters is 2. The summed E-state index contributed by atoms with van der Waals surface area (Å²) in [6.45, 7) is 3.43. The molecule has 1 unspecified atom stereocenters. The van der Waals surface area contributed by atoms with Gasteiger partial charge in [0.05, 0.1) is 6.61 Å². The van der Waals surface area contributed by atoms with Gasteiger partial charge in [-0.15, -0.1) is 0 Å². The zero-order valence-corrected chi connectivity index (χ0v) is 26.3. The second kappa shape index (κ2) is 28.1. The third-order valence-electron chi connectivity index (χ3n) is 6.14. The molecule has 236 valence electrons. The fourth-order valence-corrected chi connectivity index (χ4v) is 4.18. The van der Waals surface area contributed by atoms with Crippen LogP contribution in [0.25, 0.3) is 0 Å². The molecule has 0 rings (SSSR count). The van der Waals surface area contributed by atoms with Gasteiger partial charge in [-0.1, -0.05) is 107 Å². The third kappa shape index (κ3) is 30.8. The Kier molecular flexibility index (Phi) is 26.8. The molecule has 0 aliphatic heterocycles. The van der Waals surface area contributed by atoms with Crippen LogP contribution in [0.5, 0.6) is 0 Å². The number of allylic oxidation sites excluding steroid dienone is 8. The monoisotopic (exact) mass is 598 g/mol. The molecule has 8 nitrogen and oxygen atoms in total. The van der Waals surface area contributed by atoms with Gasteiger partial charge >= 0.3 is 19.8 Å². The fourth-order valence-electron chi connectivity index (χ4n) is 3.82. The number of carbonyl (C=O) groups is 2. The molecular weight excluding hydrogens is 543 g/mol. The summed E-state index contributed by atoms with van der Waals surface area (Å²) in [6, 6.07) is 0. The molecule has 9 heteroatoms. The normalized spacial score (nSPS) is 13.2. The Morgan fingerprint density at radius 3 is 1.80 bits per heavy atom. The van der Waals surface area contributed by atoms with Gasteiger partial charge in [0.15, 0.2) is 6.10 Å². The van der Waals surface area contributed by atoms with Crippen molar-refractivity contribution in [2.45, 2.75) is 129 Å². The van der Waals surface area contributed by atoms with Crippen LogP contribution in [0.3, 0.4) is 0 Å². The van der Waals surface area contributed by atoms with E-state index < -0.39 is 32.5 Å². The number of hydrogen-bond acceptors (Lipinski definition) is 6. The number of carbonyl (C=O) groups excluding carboxylic acids is 2. The number of hydrogen-bond donors (Lipinski definition) is 2. The van der Waals surface area contributed by atoms with Crippen LogP contribution in [0.15, 0.2) is 48.6 Å². The Morgan fingerprint density at radius 2 is 1.20 bits per heavy atom. The fraction of sp³-hybridized carbons (Fsp3) is 0.688. The molecule has 0 amide bonds. The molecule has 0 radical (unpaired) electrons. The predicted molar refractivity (Wildman–Crippen MR) is 165 cm³/mol. The second-order valence-electron chi connectivity index (χ2n) is 10.1. The number of ether oxygens (including phenoxy) is 2. The first kappa shape index (κ1) is 39.0. The number of unbranched alkanes of at least 4 members (excludes halogenated alkanes) is 11. The van der Waals surface area contributed by atoms with Crippen LogP contribution in [-0.4, -0.2) is 41.0 Å². The minimum absolute atomic E-state index is 0.185. The third-order valence-corrected chi connectivity index (χ3v) is 6.63. The molecule has 41 heavy (non-hydrogen) atoms. The van der Waals surface area contributed by atoms with Crippen molar-refractivity contribution in [2.75, 3.05) is 13.2 Å². The van der Waals surface area contributed by atoms with E-state index in [-0.39, 0.29) is 19.4 Å². The lowest BCUT2D eigenvalue weighted by atomic mass is 10.1. The van der Waals surface area contributed by atoms with Crippen molar-refractivity contribution in [3.8, 4) is 0 Å². The van der Waals surface area contributed by atoms with Gasteiger partial charge < -0.3 is 19.3 Å². The number of rotatable bonds is 27. The lowest BCUT2D eigenvalue weighted by Gasteiger charge is -2.18. The SMILES string of the molecule is CC/C=C/C=C/C=C/CCCCCCCC(=O)OC(COC(=O)CCCCCC/C=C/CCCC)COP(=O)(O)O. The van der Waals surface area contributed by atoms with E-state index in [1.807, 2.05) is 18.2 Å². The van der Waals surface area contributed by atoms with Crippen molar-refractivity contribution in [1.82, 2.24) is 0 Å². The average Bonchev–Trinajstić information content (AvgIpc) is 2.93. The molecule has 0 spiro atoms. The lowest BCUT2D eigenvalue weighted by molar-refractivity contribution is -0.161. The molecule has 2 N–H and O–H groups in total. The van der Waals surface area contributed by atoms with Crippen LogP contribution in [0.1, 0.15) is 123 Å². The summed E-state index contributed by atoms with van der Waals surface area (Å²) >= 11 is 0. The maximum absolute atomic E-state index is 12.3. The van der Waals surface area contributed by atoms with Crippen molar-refractivity contribution >= 4 is 19.8 Å². The van der Waals surface area contributed by atoms with Crippen molar-refractivity contribution in [2.24, 2.45) is 0 Å². The van der Waals surface area contributed by atoms with Crippen LogP contribution in [0.4, 0.5) is 0 Å². The summed E-state index contributed by atoms with van der Waals surface area (Å²) in [7, 11) is -4.75. The highest BCUT2D eigenvalue weighted by molar-refractivity contribution is 7.46. The lowest BCUT2D eigenvalue weighted by Crippen LogP contribution is -2.29. The zero-order chi connectivity index (χ0) is 30.4. The molecule has 0 fully saturated rings. The highest BCUT2D eigenvalue weighted by atomic mass is 31.2. The smallest absolute Gasteiger partial charge is 0.462 e. The Bertz CT molecular complexity index is 813. The van der Waals surface area contributed by atoms with Gasteiger partial charge in [-0.25, -0.2) is 4.57 Å². The molecule has 0 aliphatic carbocycles. The standard InChI is InChI=1S/C32H55O8P/c1-3-5-7-9-11-13-15-16-17-19-21-23-25-27-32(34)40-30(29-39-41(35,36)37)28-38-31(33)26-24-22-20-18-14-12-10-8-6-4-2/h5,7,9-13,15,30H,3-4,6,8,14,16-29H2,1-2H3,(H2,35,36,37)/b7-5+,11-9+,12-10+,15-13+. The molecule has 0 aromatic rings. The minimum Gasteiger partial charge on any atom is -0.462 e. The van der Waals surface area contributed by atoms with E-state index in [1.165, 1.54) is 12.8 Å². The van der Waals surface area contributed by atoms with Crippen molar-refractivity contribution in [1.29, 1.82) is 0 Å². The first-order valence-corrected chi connectivity index (χ1v) is 17.0. The summed E-state index contributed by atoms with van der Waals surface area (Å²) in [5, 5.41) is 0. The van der Waals surface area contributed by atoms with Gasteiger partial charge in [-0.3, -0.25) is 14.1 Å². The predicted octanol–water partition coefficient (Wildman–Crippen LogP) is 8.45. The van der Waals surface area contributed by atoms with E-state index in [0.29, 0.717) is 12.8 Å². The summed E-state index contributed by atoms with van der Waals surface area (Å²) in [5.41, 5.74) is 0. The molecule has 0 heterocycles. The van der Waals surface area contributed by atoms with Gasteiger partial charge in [0.1, 0.15) is 6.61 Å². The second-order valence-corrected chi connectivity index (χ2v) is 11.3. The Balaban J connectivity index is 4.13. The topological polar surface area (TPSA) is 119 Å². The highest BCUT2D eigenvalue weighted by Crippen LogP contribution is 2.35. The van der Waals surface area contributed by atoms with E-state index >= 15 is 0 Å². The highest BCUT2D eigenvalue weighted by Gasteiger charge is 2.22. The maximum atomic E-state index is 12.3. The molecule has 0 aromatic heterocycles. The van der Waals surface area contributed by atoms with Gasteiger partial charge in [-0.2, -0.15) is 0 Å². The van der Waals surface area contributed by atoms with Gasteiger partial charge in [0.25, 0.3) is 0 Å². The van der Waals surface area contributed by atoms with E-state index in [4.69, 9.17) is 19.3 Å². The van der Waals surface area contributed by atoms with Gasteiger partial charge in [-0.05, 0) is 51.4 Å². The van der Waals surface area contributed by atoms with Gasteiger partial charge in [0.2, 0.25) is 0 Å². The van der Waals surface area contributed by atoms with Crippen LogP contribution in [0, 0.1) is 0 Å². The first-order chi connectivity index (χ1) is 19.8.